The second kappa shape index (κ2) is 10.9. The fraction of sp³-hybridized carbons (Fsp3) is 0.207. The lowest BCUT2D eigenvalue weighted by Crippen LogP contribution is -3.00. The van der Waals surface area contributed by atoms with Crippen LogP contribution >= 0.6 is 0 Å². The molecule has 0 amide bonds. The molecule has 0 N–H and O–H groups in total. The topological polar surface area (TPSA) is 18.7 Å². The normalized spacial score (nSPS) is 14.7. The van der Waals surface area contributed by atoms with Crippen LogP contribution in [0.4, 0.5) is 11.4 Å². The van der Waals surface area contributed by atoms with Gasteiger partial charge in [-0.2, -0.15) is 0 Å². The average molecular weight is 565 g/mol. The Morgan fingerprint density at radius 2 is 1.15 bits per heavy atom. The van der Waals surface area contributed by atoms with Crippen molar-refractivity contribution in [3.63, 3.8) is 0 Å². The average Bonchev–Trinajstić information content (AvgIpc) is 2.84. The Morgan fingerprint density at radius 1 is 0.647 bits per heavy atom. The summed E-state index contributed by atoms with van der Waals surface area (Å²) in [6, 6.07) is 17.1. The van der Waals surface area contributed by atoms with Gasteiger partial charge in [-0.3, -0.25) is 0 Å². The fourth-order valence-corrected chi connectivity index (χ4v) is 3.75. The molecule has 0 saturated carbocycles. The van der Waals surface area contributed by atoms with Crippen molar-refractivity contribution in [3.05, 3.63) is 107 Å². The summed E-state index contributed by atoms with van der Waals surface area (Å²) in [6.45, 7) is 0. The number of rotatable bonds is 4. The predicted octanol–water partition coefficient (Wildman–Crippen LogP) is 2.37. The Kier molecular flexibility index (Phi) is 8.20. The molecular formula is C29H32IN3O. The molecule has 0 saturated heterocycles. The van der Waals surface area contributed by atoms with E-state index in [1.165, 1.54) is 5.69 Å². The van der Waals surface area contributed by atoms with E-state index in [1.54, 1.807) is 0 Å². The van der Waals surface area contributed by atoms with E-state index in [1.807, 2.05) is 28.2 Å². The van der Waals surface area contributed by atoms with Crippen molar-refractivity contribution in [2.75, 3.05) is 52.1 Å². The highest BCUT2D eigenvalue weighted by Gasteiger charge is 2.18. The van der Waals surface area contributed by atoms with Gasteiger partial charge in [0, 0.05) is 62.9 Å². The summed E-state index contributed by atoms with van der Waals surface area (Å²) in [5.41, 5.74) is 7.90. The third-order valence-corrected chi connectivity index (χ3v) is 5.85. The van der Waals surface area contributed by atoms with Crippen LogP contribution in [-0.2, 0) is 4.74 Å². The van der Waals surface area contributed by atoms with E-state index in [9.17, 15) is 0 Å². The largest absolute Gasteiger partial charge is 1.00 e. The summed E-state index contributed by atoms with van der Waals surface area (Å²) in [7, 11) is 12.3. The van der Waals surface area contributed by atoms with Crippen molar-refractivity contribution < 1.29 is 33.3 Å². The molecule has 176 valence electrons. The zero-order valence-electron chi connectivity index (χ0n) is 20.7. The minimum atomic E-state index is 0. The Morgan fingerprint density at radius 3 is 1.62 bits per heavy atom. The summed E-state index contributed by atoms with van der Waals surface area (Å²) in [6.07, 6.45) is 12.7. The SMILES string of the molecule is CN(C)c1ccc(C2=CC(=C3C=CC(=[N+](C)C)C=C3)OC(c3ccc(N(C)C)cc3)=C2)cc1.[I-]. The Labute approximate surface area is 220 Å². The first-order valence-electron chi connectivity index (χ1n) is 11.1. The molecule has 1 aliphatic carbocycles. The third kappa shape index (κ3) is 5.70. The highest BCUT2D eigenvalue weighted by Crippen LogP contribution is 2.35. The Balaban J connectivity index is 0.00000324. The summed E-state index contributed by atoms with van der Waals surface area (Å²) < 4.78 is 8.54. The molecule has 2 aliphatic rings. The number of hydrogen-bond donors (Lipinski definition) is 0. The molecule has 0 unspecified atom stereocenters. The van der Waals surface area contributed by atoms with Crippen LogP contribution in [-0.4, -0.2) is 52.6 Å². The van der Waals surface area contributed by atoms with E-state index >= 15 is 0 Å². The third-order valence-electron chi connectivity index (χ3n) is 5.85. The summed E-state index contributed by atoms with van der Waals surface area (Å²) in [5, 5.41) is 0. The van der Waals surface area contributed by atoms with E-state index < -0.39 is 0 Å². The minimum Gasteiger partial charge on any atom is -1.00 e. The van der Waals surface area contributed by atoms with Crippen LogP contribution in [0.2, 0.25) is 0 Å². The molecule has 1 heterocycles. The lowest BCUT2D eigenvalue weighted by Gasteiger charge is -2.21. The van der Waals surface area contributed by atoms with E-state index in [0.29, 0.717) is 0 Å². The van der Waals surface area contributed by atoms with Crippen molar-refractivity contribution in [2.45, 2.75) is 0 Å². The molecule has 4 nitrogen and oxygen atoms in total. The van der Waals surface area contributed by atoms with Crippen LogP contribution in [0, 0.1) is 0 Å². The molecule has 0 aromatic heterocycles. The van der Waals surface area contributed by atoms with E-state index in [-0.39, 0.29) is 24.0 Å². The van der Waals surface area contributed by atoms with Gasteiger partial charge in [0.2, 0.25) is 0 Å². The number of ether oxygens (including phenoxy) is 1. The van der Waals surface area contributed by atoms with Crippen molar-refractivity contribution in [1.29, 1.82) is 0 Å². The predicted molar refractivity (Wildman–Crippen MR) is 141 cm³/mol. The van der Waals surface area contributed by atoms with Gasteiger partial charge < -0.3 is 38.5 Å². The number of anilines is 2. The molecule has 5 heteroatoms. The Hall–Kier alpha value is -3.06. The first kappa shape index (κ1) is 25.6. The number of halogens is 1. The van der Waals surface area contributed by atoms with Crippen LogP contribution in [0.15, 0.2) is 96.3 Å². The van der Waals surface area contributed by atoms with Gasteiger partial charge in [0.25, 0.3) is 0 Å². The summed E-state index contributed by atoms with van der Waals surface area (Å²) >= 11 is 0. The molecule has 34 heavy (non-hydrogen) atoms. The van der Waals surface area contributed by atoms with E-state index in [4.69, 9.17) is 4.74 Å². The standard InChI is InChI=1S/C29H32N3O.HI/c1-30(2)25-13-7-21(8-14-25)24-19-28(22-9-15-26(16-10-22)31(3)4)33-29(20-24)23-11-17-27(18-12-23)32(5)6;/h7-20H,1-6H3;1H/q+1;/p-1. The lowest BCUT2D eigenvalue weighted by molar-refractivity contribution is -0.462. The smallest absolute Gasteiger partial charge is 0.199 e. The molecule has 0 atom stereocenters. The second-order valence-electron chi connectivity index (χ2n) is 8.90. The molecule has 0 bridgehead atoms. The zero-order valence-corrected chi connectivity index (χ0v) is 22.9. The zero-order chi connectivity index (χ0) is 23.5. The maximum Gasteiger partial charge on any atom is 0.199 e. The molecule has 0 radical (unpaired) electrons. The first-order chi connectivity index (χ1) is 15.8. The van der Waals surface area contributed by atoms with Crippen LogP contribution in [0.1, 0.15) is 11.1 Å². The molecule has 0 spiro atoms. The van der Waals surface area contributed by atoms with Gasteiger partial charge in [-0.15, -0.1) is 0 Å². The highest BCUT2D eigenvalue weighted by molar-refractivity contribution is 6.02. The van der Waals surface area contributed by atoms with Crippen LogP contribution in [0.25, 0.3) is 11.3 Å². The molecule has 4 rings (SSSR count). The van der Waals surface area contributed by atoms with Gasteiger partial charge in [-0.25, -0.2) is 4.58 Å². The lowest BCUT2D eigenvalue weighted by atomic mass is 9.98. The van der Waals surface area contributed by atoms with Crippen LogP contribution < -0.4 is 33.8 Å². The highest BCUT2D eigenvalue weighted by atomic mass is 127. The molecule has 1 aliphatic heterocycles. The molecular weight excluding hydrogens is 533 g/mol. The first-order valence-corrected chi connectivity index (χ1v) is 11.1. The number of allylic oxidation sites excluding steroid dienone is 8. The quantitative estimate of drug-likeness (QED) is 0.420. The molecule has 2 aromatic carbocycles. The Bertz CT molecular complexity index is 1200. The number of nitrogens with zero attached hydrogens (tertiary/aromatic N) is 3. The van der Waals surface area contributed by atoms with Gasteiger partial charge in [-0.1, -0.05) is 12.1 Å². The maximum absolute atomic E-state index is 6.44. The van der Waals surface area contributed by atoms with Crippen LogP contribution in [0.3, 0.4) is 0 Å². The maximum atomic E-state index is 6.44. The monoisotopic (exact) mass is 565 g/mol. The number of benzene rings is 2. The summed E-state index contributed by atoms with van der Waals surface area (Å²) in [4.78, 5) is 4.21. The van der Waals surface area contributed by atoms with Crippen molar-refractivity contribution in [2.24, 2.45) is 0 Å². The van der Waals surface area contributed by atoms with Gasteiger partial charge in [0.15, 0.2) is 5.71 Å². The van der Waals surface area contributed by atoms with Crippen molar-refractivity contribution in [3.8, 4) is 0 Å². The van der Waals surface area contributed by atoms with Gasteiger partial charge in [-0.05, 0) is 71.8 Å². The fourth-order valence-electron chi connectivity index (χ4n) is 3.75. The second-order valence-corrected chi connectivity index (χ2v) is 8.90. The molecule has 0 fully saturated rings. The van der Waals surface area contributed by atoms with Gasteiger partial charge in [0.1, 0.15) is 25.6 Å². The van der Waals surface area contributed by atoms with E-state index in [2.05, 4.69) is 113 Å². The summed E-state index contributed by atoms with van der Waals surface area (Å²) in [5.74, 6) is 1.70. The number of hydrogen-bond acceptors (Lipinski definition) is 3. The van der Waals surface area contributed by atoms with Crippen molar-refractivity contribution in [1.82, 2.24) is 0 Å². The van der Waals surface area contributed by atoms with Crippen molar-refractivity contribution >= 4 is 28.4 Å². The molecule has 2 aromatic rings. The van der Waals surface area contributed by atoms with Gasteiger partial charge in [0.05, 0.1) is 0 Å². The minimum absolute atomic E-state index is 0. The van der Waals surface area contributed by atoms with Gasteiger partial charge >= 0.3 is 0 Å². The van der Waals surface area contributed by atoms with Crippen LogP contribution in [0.5, 0.6) is 0 Å². The van der Waals surface area contributed by atoms with E-state index in [0.717, 1.165) is 45.2 Å².